The van der Waals surface area contributed by atoms with E-state index in [1.165, 1.54) is 12.8 Å². The molecule has 1 N–H and O–H groups in total. The van der Waals surface area contributed by atoms with Gasteiger partial charge >= 0.3 is 6.03 Å². The fourth-order valence-corrected chi connectivity index (χ4v) is 5.29. The van der Waals surface area contributed by atoms with E-state index in [1.807, 2.05) is 16.7 Å². The Morgan fingerprint density at radius 2 is 1.95 bits per heavy atom. The number of likely N-dealkylation sites (tertiary alicyclic amines) is 1. The molecule has 2 aliphatic rings. The minimum Gasteiger partial charge on any atom is -0.338 e. The number of hydrogen-bond donors (Lipinski definition) is 1. The fraction of sp³-hybridized carbons (Fsp3) is 0.929. The normalized spacial score (nSPS) is 27.1. The first-order valence-corrected chi connectivity index (χ1v) is 10.9. The molecule has 0 saturated carbocycles. The first-order chi connectivity index (χ1) is 10.00. The molecule has 1 atom stereocenters. The first-order valence-electron chi connectivity index (χ1n) is 7.76. The number of hydrogen-bond acceptors (Lipinski definition) is 4. The number of urea groups is 1. The van der Waals surface area contributed by atoms with E-state index in [2.05, 4.69) is 11.6 Å². The van der Waals surface area contributed by atoms with Crippen molar-refractivity contribution in [1.29, 1.82) is 0 Å². The average Bonchev–Trinajstić information content (AvgIpc) is 2.71. The highest BCUT2D eigenvalue weighted by Gasteiger charge is 2.25. The number of thioether (sulfide) groups is 1. The van der Waals surface area contributed by atoms with Gasteiger partial charge < -0.3 is 10.2 Å². The van der Waals surface area contributed by atoms with Gasteiger partial charge in [-0.3, -0.25) is 0 Å². The zero-order valence-corrected chi connectivity index (χ0v) is 14.3. The molecule has 122 valence electrons. The topological polar surface area (TPSA) is 66.5 Å². The molecule has 0 aromatic carbocycles. The minimum atomic E-state index is -2.82. The summed E-state index contributed by atoms with van der Waals surface area (Å²) in [5, 5.41) is 3.54. The lowest BCUT2D eigenvalue weighted by Gasteiger charge is -2.26. The highest BCUT2D eigenvalue weighted by molar-refractivity contribution is 7.99. The molecule has 0 aromatic rings. The maximum atomic E-state index is 12.3. The molecule has 2 fully saturated rings. The fourth-order valence-electron chi connectivity index (χ4n) is 2.97. The van der Waals surface area contributed by atoms with Gasteiger partial charge in [0.1, 0.15) is 9.84 Å². The summed E-state index contributed by atoms with van der Waals surface area (Å²) in [6.45, 7) is 2.27. The average molecular weight is 335 g/mol. The summed E-state index contributed by atoms with van der Waals surface area (Å²) in [7, 11) is -2.82. The summed E-state index contributed by atoms with van der Waals surface area (Å²) in [6.07, 6.45) is 6.91. The van der Waals surface area contributed by atoms with Crippen LogP contribution in [-0.2, 0) is 9.84 Å². The third-order valence-electron chi connectivity index (χ3n) is 4.46. The van der Waals surface area contributed by atoms with Gasteiger partial charge in [0.2, 0.25) is 0 Å². The third kappa shape index (κ3) is 5.36. The molecule has 2 amide bonds. The second-order valence-corrected chi connectivity index (χ2v) is 9.52. The predicted molar refractivity (Wildman–Crippen MR) is 87.5 cm³/mol. The Labute approximate surface area is 132 Å². The lowest BCUT2D eigenvalue weighted by Crippen LogP contribution is -2.44. The van der Waals surface area contributed by atoms with Crippen LogP contribution in [0.3, 0.4) is 0 Å². The zero-order valence-electron chi connectivity index (χ0n) is 12.7. The van der Waals surface area contributed by atoms with Crippen molar-refractivity contribution in [3.63, 3.8) is 0 Å². The molecule has 1 unspecified atom stereocenters. The molecule has 2 aliphatic heterocycles. The van der Waals surface area contributed by atoms with Crippen LogP contribution >= 0.6 is 11.8 Å². The molecule has 2 heterocycles. The largest absolute Gasteiger partial charge is 0.338 e. The van der Waals surface area contributed by atoms with E-state index in [-0.39, 0.29) is 17.5 Å². The highest BCUT2D eigenvalue weighted by Crippen LogP contribution is 2.21. The first kappa shape index (κ1) is 16.9. The Bertz CT molecular complexity index is 439. The molecule has 0 aliphatic carbocycles. The van der Waals surface area contributed by atoms with Crippen LogP contribution in [0.4, 0.5) is 4.79 Å². The SMILES string of the molecule is CSC1CCCCN(C(=O)NCC2CCS(=O)(=O)CC2)C1. The smallest absolute Gasteiger partial charge is 0.317 e. The van der Waals surface area contributed by atoms with E-state index < -0.39 is 9.84 Å². The van der Waals surface area contributed by atoms with Crippen LogP contribution in [0.2, 0.25) is 0 Å². The molecule has 2 saturated heterocycles. The van der Waals surface area contributed by atoms with E-state index >= 15 is 0 Å². The molecular formula is C14H26N2O3S2. The number of sulfone groups is 1. The van der Waals surface area contributed by atoms with Crippen LogP contribution in [0.25, 0.3) is 0 Å². The maximum Gasteiger partial charge on any atom is 0.317 e. The van der Waals surface area contributed by atoms with Crippen LogP contribution in [0.5, 0.6) is 0 Å². The summed E-state index contributed by atoms with van der Waals surface area (Å²) in [5.41, 5.74) is 0. The van der Waals surface area contributed by atoms with Crippen LogP contribution < -0.4 is 5.32 Å². The highest BCUT2D eigenvalue weighted by atomic mass is 32.2. The number of rotatable bonds is 3. The molecule has 5 nitrogen and oxygen atoms in total. The molecule has 0 bridgehead atoms. The van der Waals surface area contributed by atoms with Gasteiger partial charge in [0.05, 0.1) is 11.5 Å². The van der Waals surface area contributed by atoms with Gasteiger partial charge in [-0.15, -0.1) is 0 Å². The number of amides is 2. The second-order valence-electron chi connectivity index (χ2n) is 6.08. The van der Waals surface area contributed by atoms with Crippen LogP contribution in [0.15, 0.2) is 0 Å². The number of carbonyl (C=O) groups excluding carboxylic acids is 1. The third-order valence-corrected chi connectivity index (χ3v) is 7.23. The van der Waals surface area contributed by atoms with Crippen molar-refractivity contribution >= 4 is 27.6 Å². The summed E-state index contributed by atoms with van der Waals surface area (Å²) in [5.74, 6) is 0.846. The van der Waals surface area contributed by atoms with Gasteiger partial charge in [0, 0.05) is 24.9 Å². The van der Waals surface area contributed by atoms with Crippen molar-refractivity contribution in [2.75, 3.05) is 37.4 Å². The Balaban J connectivity index is 1.76. The van der Waals surface area contributed by atoms with Crippen molar-refractivity contribution in [1.82, 2.24) is 10.2 Å². The zero-order chi connectivity index (χ0) is 15.3. The van der Waals surface area contributed by atoms with Crippen molar-refractivity contribution < 1.29 is 13.2 Å². The Hall–Kier alpha value is -0.430. The molecule has 7 heteroatoms. The summed E-state index contributed by atoms with van der Waals surface area (Å²) in [4.78, 5) is 14.2. The van der Waals surface area contributed by atoms with Gasteiger partial charge in [-0.2, -0.15) is 11.8 Å². The summed E-state index contributed by atoms with van der Waals surface area (Å²) >= 11 is 1.84. The van der Waals surface area contributed by atoms with Gasteiger partial charge in [-0.25, -0.2) is 13.2 Å². The van der Waals surface area contributed by atoms with Crippen molar-refractivity contribution in [2.24, 2.45) is 5.92 Å². The van der Waals surface area contributed by atoms with Gasteiger partial charge in [-0.1, -0.05) is 6.42 Å². The number of nitrogens with zero attached hydrogens (tertiary/aromatic N) is 1. The van der Waals surface area contributed by atoms with Gasteiger partial charge in [0.25, 0.3) is 0 Å². The minimum absolute atomic E-state index is 0.0179. The maximum absolute atomic E-state index is 12.3. The van der Waals surface area contributed by atoms with Crippen LogP contribution in [0, 0.1) is 5.92 Å². The van der Waals surface area contributed by atoms with Crippen molar-refractivity contribution in [2.45, 2.75) is 37.4 Å². The van der Waals surface area contributed by atoms with Crippen LogP contribution in [-0.4, -0.2) is 62.0 Å². The van der Waals surface area contributed by atoms with E-state index in [1.54, 1.807) is 0 Å². The van der Waals surface area contributed by atoms with Gasteiger partial charge in [0.15, 0.2) is 0 Å². The quantitative estimate of drug-likeness (QED) is 0.854. The Morgan fingerprint density at radius 1 is 1.24 bits per heavy atom. The van der Waals surface area contributed by atoms with Gasteiger partial charge in [-0.05, 0) is 37.9 Å². The molecule has 2 rings (SSSR count). The van der Waals surface area contributed by atoms with E-state index in [9.17, 15) is 13.2 Å². The van der Waals surface area contributed by atoms with Crippen molar-refractivity contribution in [3.05, 3.63) is 0 Å². The molecule has 21 heavy (non-hydrogen) atoms. The monoisotopic (exact) mass is 334 g/mol. The van der Waals surface area contributed by atoms with E-state index in [4.69, 9.17) is 0 Å². The number of nitrogens with one attached hydrogen (secondary N) is 1. The van der Waals surface area contributed by atoms with E-state index in [0.29, 0.717) is 30.6 Å². The second kappa shape index (κ2) is 7.72. The van der Waals surface area contributed by atoms with E-state index in [0.717, 1.165) is 19.5 Å². The molecule has 0 spiro atoms. The lowest BCUT2D eigenvalue weighted by atomic mass is 10.0. The molecule has 0 radical (unpaired) electrons. The standard InChI is InChI=1S/C14H26N2O3S2/c1-20-13-4-2-3-7-16(11-13)14(17)15-10-12-5-8-21(18,19)9-6-12/h12-13H,2-11H2,1H3,(H,15,17). The predicted octanol–water partition coefficient (Wildman–Crippen LogP) is 1.74. The molecule has 0 aromatic heterocycles. The lowest BCUT2D eigenvalue weighted by molar-refractivity contribution is 0.198. The summed E-state index contributed by atoms with van der Waals surface area (Å²) < 4.78 is 22.8. The Kier molecular flexibility index (Phi) is 6.22. The molecular weight excluding hydrogens is 308 g/mol. The van der Waals surface area contributed by atoms with Crippen LogP contribution in [0.1, 0.15) is 32.1 Å². The summed E-state index contributed by atoms with van der Waals surface area (Å²) in [6, 6.07) is 0.0179. The Morgan fingerprint density at radius 3 is 2.62 bits per heavy atom. The van der Waals surface area contributed by atoms with Crippen molar-refractivity contribution in [3.8, 4) is 0 Å². The number of carbonyl (C=O) groups is 1.